The molecule has 0 aliphatic carbocycles. The summed E-state index contributed by atoms with van der Waals surface area (Å²) in [5.41, 5.74) is 0.545. The van der Waals surface area contributed by atoms with Gasteiger partial charge < -0.3 is 5.32 Å². The molecule has 0 heterocycles. The second kappa shape index (κ2) is 6.60. The van der Waals surface area contributed by atoms with Crippen LogP contribution in [0.5, 0.6) is 0 Å². The predicted molar refractivity (Wildman–Crippen MR) is 59.9 cm³/mol. The predicted octanol–water partition coefficient (Wildman–Crippen LogP) is 1.80. The SMILES string of the molecule is C=C(C)C(=O)NC(C)NC(CC)CC. The monoisotopic (exact) mass is 198 g/mol. The summed E-state index contributed by atoms with van der Waals surface area (Å²) in [6, 6.07) is 0.468. The Morgan fingerprint density at radius 3 is 2.21 bits per heavy atom. The van der Waals surface area contributed by atoms with Gasteiger partial charge in [0.2, 0.25) is 5.91 Å². The zero-order valence-electron chi connectivity index (χ0n) is 9.68. The lowest BCUT2D eigenvalue weighted by Crippen LogP contribution is -2.47. The van der Waals surface area contributed by atoms with Gasteiger partial charge in [-0.25, -0.2) is 0 Å². The minimum absolute atomic E-state index is 0.00380. The summed E-state index contributed by atoms with van der Waals surface area (Å²) < 4.78 is 0. The molecule has 0 radical (unpaired) electrons. The zero-order chi connectivity index (χ0) is 11.1. The molecule has 82 valence electrons. The Morgan fingerprint density at radius 2 is 1.86 bits per heavy atom. The van der Waals surface area contributed by atoms with Gasteiger partial charge in [-0.05, 0) is 26.7 Å². The van der Waals surface area contributed by atoms with Crippen molar-refractivity contribution in [3.63, 3.8) is 0 Å². The second-order valence-electron chi connectivity index (χ2n) is 3.66. The third kappa shape index (κ3) is 5.02. The van der Waals surface area contributed by atoms with Crippen LogP contribution in [0.4, 0.5) is 0 Å². The molecule has 0 aromatic rings. The number of nitrogens with one attached hydrogen (secondary N) is 2. The minimum Gasteiger partial charge on any atom is -0.337 e. The van der Waals surface area contributed by atoms with Crippen LogP contribution in [0.25, 0.3) is 0 Å². The van der Waals surface area contributed by atoms with Crippen molar-refractivity contribution in [3.8, 4) is 0 Å². The van der Waals surface area contributed by atoms with Gasteiger partial charge in [0.25, 0.3) is 0 Å². The van der Waals surface area contributed by atoms with Crippen LogP contribution in [0, 0.1) is 0 Å². The summed E-state index contributed by atoms with van der Waals surface area (Å²) in [5.74, 6) is -0.0871. The lowest BCUT2D eigenvalue weighted by Gasteiger charge is -2.22. The highest BCUT2D eigenvalue weighted by molar-refractivity contribution is 5.92. The first-order valence-corrected chi connectivity index (χ1v) is 5.23. The summed E-state index contributed by atoms with van der Waals surface area (Å²) >= 11 is 0. The van der Waals surface area contributed by atoms with Crippen molar-refractivity contribution in [1.82, 2.24) is 10.6 Å². The molecule has 1 amide bonds. The normalized spacial score (nSPS) is 12.6. The van der Waals surface area contributed by atoms with Crippen LogP contribution in [-0.4, -0.2) is 18.1 Å². The lowest BCUT2D eigenvalue weighted by molar-refractivity contribution is -0.118. The highest BCUT2D eigenvalue weighted by Gasteiger charge is 2.10. The number of carbonyl (C=O) groups excluding carboxylic acids is 1. The van der Waals surface area contributed by atoms with E-state index >= 15 is 0 Å². The number of rotatable bonds is 6. The van der Waals surface area contributed by atoms with Crippen LogP contribution in [0.3, 0.4) is 0 Å². The molecule has 0 aliphatic rings. The topological polar surface area (TPSA) is 41.1 Å². The van der Waals surface area contributed by atoms with Gasteiger partial charge in [-0.1, -0.05) is 20.4 Å². The fourth-order valence-corrected chi connectivity index (χ4v) is 1.24. The highest BCUT2D eigenvalue weighted by atomic mass is 16.1. The van der Waals surface area contributed by atoms with E-state index in [0.29, 0.717) is 11.6 Å². The van der Waals surface area contributed by atoms with E-state index in [4.69, 9.17) is 0 Å². The summed E-state index contributed by atoms with van der Waals surface area (Å²) in [5, 5.41) is 6.16. The summed E-state index contributed by atoms with van der Waals surface area (Å²) in [6.07, 6.45) is 2.15. The zero-order valence-corrected chi connectivity index (χ0v) is 9.68. The molecule has 0 saturated carbocycles. The molecule has 14 heavy (non-hydrogen) atoms. The maximum Gasteiger partial charge on any atom is 0.247 e. The third-order valence-electron chi connectivity index (χ3n) is 2.21. The van der Waals surface area contributed by atoms with E-state index in [1.807, 2.05) is 6.92 Å². The molecule has 0 aromatic heterocycles. The van der Waals surface area contributed by atoms with Gasteiger partial charge in [-0.2, -0.15) is 0 Å². The average Bonchev–Trinajstić information content (AvgIpc) is 2.13. The van der Waals surface area contributed by atoms with Crippen molar-refractivity contribution in [2.75, 3.05) is 0 Å². The smallest absolute Gasteiger partial charge is 0.247 e. The van der Waals surface area contributed by atoms with Gasteiger partial charge in [0.15, 0.2) is 0 Å². The van der Waals surface area contributed by atoms with Crippen molar-refractivity contribution in [2.24, 2.45) is 0 Å². The molecule has 0 saturated heterocycles. The van der Waals surface area contributed by atoms with Crippen molar-refractivity contribution >= 4 is 5.91 Å². The van der Waals surface area contributed by atoms with Gasteiger partial charge in [0, 0.05) is 11.6 Å². The van der Waals surface area contributed by atoms with Crippen molar-refractivity contribution in [2.45, 2.75) is 52.7 Å². The Balaban J connectivity index is 3.90. The first kappa shape index (κ1) is 13.2. The van der Waals surface area contributed by atoms with Crippen molar-refractivity contribution in [3.05, 3.63) is 12.2 Å². The second-order valence-corrected chi connectivity index (χ2v) is 3.66. The van der Waals surface area contributed by atoms with Gasteiger partial charge in [0.1, 0.15) is 0 Å². The molecule has 0 spiro atoms. The summed E-state index contributed by atoms with van der Waals surface area (Å²) in [6.45, 7) is 11.5. The number of hydrogen-bond acceptors (Lipinski definition) is 2. The highest BCUT2D eigenvalue weighted by Crippen LogP contribution is 1.97. The summed E-state index contributed by atoms with van der Waals surface area (Å²) in [7, 11) is 0. The van der Waals surface area contributed by atoms with Gasteiger partial charge >= 0.3 is 0 Å². The number of carbonyl (C=O) groups is 1. The molecule has 3 nitrogen and oxygen atoms in total. The minimum atomic E-state index is -0.0871. The van der Waals surface area contributed by atoms with E-state index in [1.165, 1.54) is 0 Å². The molecular formula is C11H22N2O. The van der Waals surface area contributed by atoms with Gasteiger partial charge in [-0.3, -0.25) is 10.1 Å². The van der Waals surface area contributed by atoms with Crippen molar-refractivity contribution in [1.29, 1.82) is 0 Å². The van der Waals surface area contributed by atoms with Gasteiger partial charge in [0.05, 0.1) is 6.17 Å². The molecule has 3 heteroatoms. The quantitative estimate of drug-likeness (QED) is 0.505. The Morgan fingerprint density at radius 1 is 1.36 bits per heavy atom. The van der Waals surface area contributed by atoms with Crippen LogP contribution in [0.15, 0.2) is 12.2 Å². The lowest BCUT2D eigenvalue weighted by atomic mass is 10.1. The maximum absolute atomic E-state index is 11.3. The number of amides is 1. The van der Waals surface area contributed by atoms with E-state index in [0.717, 1.165) is 12.8 Å². The molecule has 0 fully saturated rings. The Labute approximate surface area is 87.0 Å². The van der Waals surface area contributed by atoms with E-state index < -0.39 is 0 Å². The number of hydrogen-bond donors (Lipinski definition) is 2. The molecular weight excluding hydrogens is 176 g/mol. The molecule has 2 N–H and O–H groups in total. The molecule has 0 bridgehead atoms. The van der Waals surface area contributed by atoms with Crippen LogP contribution in [0.1, 0.15) is 40.5 Å². The Kier molecular flexibility index (Phi) is 6.21. The van der Waals surface area contributed by atoms with E-state index in [1.54, 1.807) is 6.92 Å². The average molecular weight is 198 g/mol. The van der Waals surface area contributed by atoms with E-state index in [2.05, 4.69) is 31.1 Å². The van der Waals surface area contributed by atoms with Crippen LogP contribution in [-0.2, 0) is 4.79 Å². The molecule has 0 aromatic carbocycles. The first-order chi connectivity index (χ1) is 6.51. The first-order valence-electron chi connectivity index (χ1n) is 5.23. The fourth-order valence-electron chi connectivity index (χ4n) is 1.24. The van der Waals surface area contributed by atoms with E-state index in [-0.39, 0.29) is 12.1 Å². The Bertz CT molecular complexity index is 197. The maximum atomic E-state index is 11.3. The molecule has 0 aliphatic heterocycles. The molecule has 1 atom stereocenters. The van der Waals surface area contributed by atoms with Crippen LogP contribution < -0.4 is 10.6 Å². The van der Waals surface area contributed by atoms with Crippen molar-refractivity contribution < 1.29 is 4.79 Å². The third-order valence-corrected chi connectivity index (χ3v) is 2.21. The van der Waals surface area contributed by atoms with Crippen LogP contribution >= 0.6 is 0 Å². The van der Waals surface area contributed by atoms with Gasteiger partial charge in [-0.15, -0.1) is 0 Å². The molecule has 1 unspecified atom stereocenters. The fraction of sp³-hybridized carbons (Fsp3) is 0.727. The van der Waals surface area contributed by atoms with E-state index in [9.17, 15) is 4.79 Å². The standard InChI is InChI=1S/C11H22N2O/c1-6-10(7-2)12-9(5)13-11(14)8(3)4/h9-10,12H,3,6-7H2,1-2,4-5H3,(H,13,14). The summed E-state index contributed by atoms with van der Waals surface area (Å²) in [4.78, 5) is 11.3. The molecule has 0 rings (SSSR count). The largest absolute Gasteiger partial charge is 0.337 e. The Hall–Kier alpha value is -0.830. The van der Waals surface area contributed by atoms with Crippen LogP contribution in [0.2, 0.25) is 0 Å².